The zero-order valence-corrected chi connectivity index (χ0v) is 24.7. The third kappa shape index (κ3) is 8.43. The van der Waals surface area contributed by atoms with E-state index in [4.69, 9.17) is 11.5 Å². The molecule has 4 rings (SSSR count). The first kappa shape index (κ1) is 33.5. The number of urea groups is 1. The van der Waals surface area contributed by atoms with E-state index >= 15 is 0 Å². The van der Waals surface area contributed by atoms with Crippen molar-refractivity contribution in [1.82, 2.24) is 24.3 Å². The van der Waals surface area contributed by atoms with E-state index in [0.29, 0.717) is 5.69 Å². The van der Waals surface area contributed by atoms with Gasteiger partial charge in [0, 0.05) is 31.9 Å². The summed E-state index contributed by atoms with van der Waals surface area (Å²) in [6.07, 6.45) is -2.22. The van der Waals surface area contributed by atoms with E-state index < -0.39 is 53.9 Å². The van der Waals surface area contributed by atoms with Crippen molar-refractivity contribution in [3.05, 3.63) is 52.6 Å². The minimum atomic E-state index is -5.47. The van der Waals surface area contributed by atoms with Crippen LogP contribution in [-0.2, 0) is 25.7 Å². The van der Waals surface area contributed by atoms with Gasteiger partial charge in [-0.05, 0) is 63.5 Å². The second-order valence-electron chi connectivity index (χ2n) is 11.6. The van der Waals surface area contributed by atoms with Crippen LogP contribution in [0.2, 0.25) is 0 Å². The minimum Gasteiger partial charge on any atom is -0.385 e. The molecule has 2 aromatic rings. The first-order valence-electron chi connectivity index (χ1n) is 14.2. The second kappa shape index (κ2) is 13.3. The van der Waals surface area contributed by atoms with Gasteiger partial charge in [0.25, 0.3) is 0 Å². The molecule has 0 unspecified atom stereocenters. The number of ether oxygens (including phenoxy) is 1. The van der Waals surface area contributed by atoms with Gasteiger partial charge >= 0.3 is 29.8 Å². The molecule has 3 amide bonds. The van der Waals surface area contributed by atoms with Crippen LogP contribution >= 0.6 is 0 Å². The number of hydrogen-bond donors (Lipinski definition) is 3. The number of alkyl halides is 3. The van der Waals surface area contributed by atoms with Crippen molar-refractivity contribution in [1.29, 1.82) is 0 Å². The Hall–Kier alpha value is -4.35. The van der Waals surface area contributed by atoms with Crippen molar-refractivity contribution in [2.75, 3.05) is 38.0 Å². The summed E-state index contributed by atoms with van der Waals surface area (Å²) < 4.78 is 43.5. The summed E-state index contributed by atoms with van der Waals surface area (Å²) >= 11 is 0. The number of nitrogens with one attached hydrogen (secondary N) is 1. The average molecular weight is 637 g/mol. The lowest BCUT2D eigenvalue weighted by Crippen LogP contribution is -2.64. The second-order valence-corrected chi connectivity index (χ2v) is 11.6. The van der Waals surface area contributed by atoms with Crippen LogP contribution in [0, 0.1) is 0 Å². The molecule has 45 heavy (non-hydrogen) atoms. The molecular weight excluding hydrogens is 601 g/mol. The Morgan fingerprint density at radius 1 is 1.02 bits per heavy atom. The maximum atomic E-state index is 13.1. The molecule has 0 saturated carbocycles. The molecule has 1 aromatic carbocycles. The van der Waals surface area contributed by atoms with Gasteiger partial charge < -0.3 is 26.0 Å². The first-order valence-corrected chi connectivity index (χ1v) is 14.2. The number of hydrogen-bond acceptors (Lipinski definition) is 10. The van der Waals surface area contributed by atoms with Gasteiger partial charge in [0.05, 0.1) is 17.8 Å². The van der Waals surface area contributed by atoms with E-state index in [0.717, 1.165) is 47.8 Å². The number of piperazine rings is 1. The normalized spacial score (nSPS) is 18.4. The lowest BCUT2D eigenvalue weighted by Gasteiger charge is -2.41. The number of aromatic nitrogens is 2. The standard InChI is InChI=1S/C28H35F3N8O6/c1-27(2,33)23(41)37-13-14-39(20(16-37)22(40)45-24(42)28(29,30)31)26(44)35-21-9-12-38(25(43)34-21)19-5-3-17(4-6-19)15-36-10-7-18(32)8-11-36/h3-6,9,12,18,20H,7-8,10-11,13-16,32-33H2,1-2H3,(H,34,35,43,44)/t20-/m0/s1. The van der Waals surface area contributed by atoms with Gasteiger partial charge in [-0.3, -0.25) is 19.6 Å². The minimum absolute atomic E-state index is 0.125. The van der Waals surface area contributed by atoms with E-state index in [1.54, 1.807) is 12.1 Å². The fraction of sp³-hybridized carbons (Fsp3) is 0.500. The number of nitrogens with zero attached hydrogens (tertiary/aromatic N) is 5. The average Bonchev–Trinajstić information content (AvgIpc) is 2.97. The Morgan fingerprint density at radius 2 is 1.67 bits per heavy atom. The van der Waals surface area contributed by atoms with E-state index in [9.17, 15) is 37.1 Å². The number of anilines is 1. The molecule has 0 bridgehead atoms. The van der Waals surface area contributed by atoms with E-state index in [1.165, 1.54) is 30.7 Å². The highest BCUT2D eigenvalue weighted by Gasteiger charge is 2.46. The first-order chi connectivity index (χ1) is 21.0. The summed E-state index contributed by atoms with van der Waals surface area (Å²) in [6.45, 7) is 4.30. The van der Waals surface area contributed by atoms with Crippen molar-refractivity contribution < 1.29 is 37.1 Å². The van der Waals surface area contributed by atoms with Gasteiger partial charge in [0.1, 0.15) is 11.9 Å². The predicted octanol–water partition coefficient (Wildman–Crippen LogP) is 0.570. The topological polar surface area (TPSA) is 186 Å². The monoisotopic (exact) mass is 636 g/mol. The highest BCUT2D eigenvalue weighted by molar-refractivity contribution is 5.96. The van der Waals surface area contributed by atoms with Crippen molar-refractivity contribution in [3.63, 3.8) is 0 Å². The summed E-state index contributed by atoms with van der Waals surface area (Å²) in [5, 5.41) is 2.34. The number of carbonyl (C=O) groups excluding carboxylic acids is 4. The summed E-state index contributed by atoms with van der Waals surface area (Å²) in [5.74, 6) is -5.32. The Labute approximate surface area is 256 Å². The molecule has 2 saturated heterocycles. The van der Waals surface area contributed by atoms with E-state index in [2.05, 4.69) is 19.9 Å². The molecule has 5 N–H and O–H groups in total. The fourth-order valence-electron chi connectivity index (χ4n) is 5.02. The SMILES string of the molecule is CC(C)(N)C(=O)N1CCN(C(=O)Nc2ccn(-c3ccc(CN4CCC(N)CC4)cc3)c(=O)n2)[C@H](C(=O)OC(=O)C(F)(F)F)C1. The lowest BCUT2D eigenvalue weighted by molar-refractivity contribution is -0.203. The van der Waals surface area contributed by atoms with Gasteiger partial charge in [0.15, 0.2) is 0 Å². The number of halogens is 3. The zero-order chi connectivity index (χ0) is 33.1. The maximum absolute atomic E-state index is 13.1. The molecule has 2 fully saturated rings. The molecule has 1 aromatic heterocycles. The molecule has 14 nitrogen and oxygen atoms in total. The zero-order valence-electron chi connectivity index (χ0n) is 24.7. The highest BCUT2D eigenvalue weighted by Crippen LogP contribution is 2.21. The van der Waals surface area contributed by atoms with E-state index in [-0.39, 0.29) is 24.9 Å². The summed E-state index contributed by atoms with van der Waals surface area (Å²) in [6, 6.07) is 6.03. The number of amides is 3. The maximum Gasteiger partial charge on any atom is 0.491 e. The van der Waals surface area contributed by atoms with Gasteiger partial charge in [-0.2, -0.15) is 18.2 Å². The summed E-state index contributed by atoms with van der Waals surface area (Å²) in [7, 11) is 0. The Morgan fingerprint density at radius 3 is 2.24 bits per heavy atom. The van der Waals surface area contributed by atoms with Crippen molar-refractivity contribution in [3.8, 4) is 5.69 Å². The Bertz CT molecular complexity index is 1480. The van der Waals surface area contributed by atoms with Gasteiger partial charge in [-0.25, -0.2) is 19.2 Å². The molecular formula is C28H35F3N8O6. The fourth-order valence-corrected chi connectivity index (χ4v) is 5.02. The summed E-state index contributed by atoms with van der Waals surface area (Å²) in [4.78, 5) is 70.6. The molecule has 1 atom stereocenters. The third-order valence-electron chi connectivity index (χ3n) is 7.47. The van der Waals surface area contributed by atoms with Crippen LogP contribution in [0.3, 0.4) is 0 Å². The number of rotatable bonds is 6. The Kier molecular flexibility index (Phi) is 9.94. The van der Waals surface area contributed by atoms with Crippen molar-refractivity contribution in [2.45, 2.75) is 57.0 Å². The van der Waals surface area contributed by atoms with Gasteiger partial charge in [-0.15, -0.1) is 0 Å². The number of likely N-dealkylation sites (tertiary alicyclic amines) is 1. The van der Waals surface area contributed by atoms with Crippen LogP contribution < -0.4 is 22.5 Å². The van der Waals surface area contributed by atoms with Crippen LogP contribution in [0.25, 0.3) is 5.69 Å². The number of benzene rings is 1. The number of esters is 2. The quantitative estimate of drug-likeness (QED) is 0.299. The van der Waals surface area contributed by atoms with Crippen molar-refractivity contribution >= 4 is 29.7 Å². The van der Waals surface area contributed by atoms with Crippen LogP contribution in [-0.4, -0.2) is 105 Å². The van der Waals surface area contributed by atoms with E-state index in [1.807, 2.05) is 12.1 Å². The van der Waals surface area contributed by atoms with Crippen LogP contribution in [0.4, 0.5) is 23.8 Å². The molecule has 244 valence electrons. The van der Waals surface area contributed by atoms with Crippen LogP contribution in [0.5, 0.6) is 0 Å². The molecule has 17 heteroatoms. The van der Waals surface area contributed by atoms with Crippen LogP contribution in [0.15, 0.2) is 41.3 Å². The summed E-state index contributed by atoms with van der Waals surface area (Å²) in [5.41, 5.74) is 11.3. The van der Waals surface area contributed by atoms with Gasteiger partial charge in [-0.1, -0.05) is 12.1 Å². The predicted molar refractivity (Wildman–Crippen MR) is 154 cm³/mol. The molecule has 2 aliphatic rings. The number of carbonyl (C=O) groups is 4. The third-order valence-corrected chi connectivity index (χ3v) is 7.47. The van der Waals surface area contributed by atoms with Crippen molar-refractivity contribution in [2.24, 2.45) is 11.5 Å². The van der Waals surface area contributed by atoms with Crippen LogP contribution in [0.1, 0.15) is 32.3 Å². The molecule has 3 heterocycles. The smallest absolute Gasteiger partial charge is 0.385 e. The number of piperidine rings is 1. The molecule has 0 spiro atoms. The number of nitrogens with two attached hydrogens (primary N) is 2. The Balaban J connectivity index is 1.46. The highest BCUT2D eigenvalue weighted by atomic mass is 19.4. The molecule has 0 aliphatic carbocycles. The molecule has 2 aliphatic heterocycles. The lowest BCUT2D eigenvalue weighted by atomic mass is 10.0. The largest absolute Gasteiger partial charge is 0.491 e. The molecule has 0 radical (unpaired) electrons. The van der Waals surface area contributed by atoms with Gasteiger partial charge in [0.2, 0.25) is 5.91 Å².